The Hall–Kier alpha value is -4.79. The Balaban J connectivity index is 1.73. The Labute approximate surface area is 241 Å². The van der Waals surface area contributed by atoms with E-state index in [4.69, 9.17) is 5.73 Å². The topological polar surface area (TPSA) is 185 Å². The van der Waals surface area contributed by atoms with E-state index >= 15 is 0 Å². The van der Waals surface area contributed by atoms with E-state index in [2.05, 4.69) is 11.8 Å². The number of rotatable bonds is 3. The number of hydrogen-bond acceptors (Lipinski definition) is 10. The lowest BCUT2D eigenvalue weighted by Gasteiger charge is -2.50. The Kier molecular flexibility index (Phi) is 6.80. The SMILES string of the molecule is CN(C)c1cc(C#Cc2cccc(O)c2)c(O)c2c1C[C@H]1C[C@H]3[C@@H](N(C)C)C(=O)C(C(N)=O)=C(O)[C@]3(O)C(=O)C1=C2O. The minimum absolute atomic E-state index is 0.00154. The molecule has 0 aromatic heterocycles. The van der Waals surface area contributed by atoms with Crippen molar-refractivity contribution in [3.63, 3.8) is 0 Å². The van der Waals surface area contributed by atoms with Gasteiger partial charge < -0.3 is 36.2 Å². The lowest BCUT2D eigenvalue weighted by Crippen LogP contribution is -2.65. The molecule has 1 saturated carbocycles. The first-order valence-electron chi connectivity index (χ1n) is 13.2. The van der Waals surface area contributed by atoms with Crippen LogP contribution in [0.4, 0.5) is 5.69 Å². The number of benzene rings is 2. The summed E-state index contributed by atoms with van der Waals surface area (Å²) in [6.07, 6.45) is 0.161. The average molecular weight is 574 g/mol. The molecule has 1 amide bonds. The van der Waals surface area contributed by atoms with Gasteiger partial charge in [0.25, 0.3) is 5.91 Å². The fourth-order valence-corrected chi connectivity index (χ4v) is 6.51. The number of hydrogen-bond donors (Lipinski definition) is 6. The van der Waals surface area contributed by atoms with Crippen LogP contribution in [0, 0.1) is 23.7 Å². The van der Waals surface area contributed by atoms with Gasteiger partial charge in [-0.2, -0.15) is 0 Å². The van der Waals surface area contributed by atoms with Crippen LogP contribution in [0.2, 0.25) is 0 Å². The summed E-state index contributed by atoms with van der Waals surface area (Å²) in [5.74, 6) is -1.39. The highest BCUT2D eigenvalue weighted by Crippen LogP contribution is 2.54. The van der Waals surface area contributed by atoms with Crippen molar-refractivity contribution in [2.45, 2.75) is 24.5 Å². The van der Waals surface area contributed by atoms with E-state index < -0.39 is 63.8 Å². The minimum Gasteiger partial charge on any atom is -0.508 e. The number of phenols is 2. The van der Waals surface area contributed by atoms with Crippen LogP contribution in [0.1, 0.15) is 28.7 Å². The number of nitrogens with zero attached hydrogens (tertiary/aromatic N) is 2. The lowest BCUT2D eigenvalue weighted by atomic mass is 9.57. The molecule has 3 aliphatic carbocycles. The number of aromatic hydroxyl groups is 2. The first-order valence-corrected chi connectivity index (χ1v) is 13.2. The van der Waals surface area contributed by atoms with Crippen LogP contribution < -0.4 is 10.6 Å². The van der Waals surface area contributed by atoms with Crippen LogP contribution >= 0.6 is 0 Å². The van der Waals surface area contributed by atoms with Crippen molar-refractivity contribution in [1.82, 2.24) is 4.90 Å². The molecule has 2 aromatic carbocycles. The predicted octanol–water partition coefficient (Wildman–Crippen LogP) is 1.14. The molecule has 218 valence electrons. The molecule has 3 aliphatic rings. The lowest BCUT2D eigenvalue weighted by molar-refractivity contribution is -0.153. The first kappa shape index (κ1) is 28.7. The molecule has 4 atom stereocenters. The third-order valence-electron chi connectivity index (χ3n) is 8.37. The maximum atomic E-state index is 14.1. The van der Waals surface area contributed by atoms with Crippen molar-refractivity contribution in [1.29, 1.82) is 0 Å². The zero-order valence-corrected chi connectivity index (χ0v) is 23.5. The summed E-state index contributed by atoms with van der Waals surface area (Å²) in [5.41, 5.74) is 3.29. The molecule has 7 N–H and O–H groups in total. The van der Waals surface area contributed by atoms with E-state index in [0.717, 1.165) is 0 Å². The molecule has 42 heavy (non-hydrogen) atoms. The standard InChI is InChI=1S/C31H31N3O8/c1-33(2)20-13-15(9-8-14-6-5-7-17(35)10-14)25(36)22-18(20)11-16-12-19-24(34(3)4)27(38)23(30(32)41)29(40)31(19,42)28(39)21(16)26(22)37/h5-7,10,13,16,19,24,35-37,40,42H,11-12H2,1-4H3,(H2,32,41)/t16-,19-,24+,31+/m0/s1. The van der Waals surface area contributed by atoms with Gasteiger partial charge >= 0.3 is 0 Å². The zero-order chi connectivity index (χ0) is 30.8. The van der Waals surface area contributed by atoms with E-state index in [9.17, 15) is 39.9 Å². The summed E-state index contributed by atoms with van der Waals surface area (Å²) in [6.45, 7) is 0. The molecule has 0 saturated heterocycles. The Morgan fingerprint density at radius 3 is 2.33 bits per heavy atom. The molecule has 0 bridgehead atoms. The maximum absolute atomic E-state index is 14.1. The molecule has 0 radical (unpaired) electrons. The van der Waals surface area contributed by atoms with Crippen LogP contribution in [-0.2, 0) is 20.8 Å². The number of primary amides is 1. The molecule has 0 spiro atoms. The fourth-order valence-electron chi connectivity index (χ4n) is 6.51. The highest BCUT2D eigenvalue weighted by atomic mass is 16.3. The number of aliphatic hydroxyl groups is 3. The largest absolute Gasteiger partial charge is 0.508 e. The molecule has 0 heterocycles. The Morgan fingerprint density at radius 1 is 1.05 bits per heavy atom. The van der Waals surface area contributed by atoms with Crippen molar-refractivity contribution >= 4 is 28.9 Å². The number of carbonyl (C=O) groups excluding carboxylic acids is 3. The zero-order valence-electron chi connectivity index (χ0n) is 23.5. The molecule has 11 heteroatoms. The van der Waals surface area contributed by atoms with Gasteiger partial charge in [0, 0.05) is 36.8 Å². The van der Waals surface area contributed by atoms with Crippen molar-refractivity contribution in [2.75, 3.05) is 33.1 Å². The molecule has 5 rings (SSSR count). The maximum Gasteiger partial charge on any atom is 0.255 e. The van der Waals surface area contributed by atoms with E-state index in [1.165, 1.54) is 17.0 Å². The summed E-state index contributed by atoms with van der Waals surface area (Å²) < 4.78 is 0. The summed E-state index contributed by atoms with van der Waals surface area (Å²) in [4.78, 5) is 42.7. The third kappa shape index (κ3) is 4.10. The van der Waals surface area contributed by atoms with Gasteiger partial charge in [-0.15, -0.1) is 0 Å². The van der Waals surface area contributed by atoms with E-state index in [1.54, 1.807) is 51.3 Å². The number of amides is 1. The molecular formula is C31H31N3O8. The second-order valence-corrected chi connectivity index (χ2v) is 11.3. The number of aliphatic hydroxyl groups excluding tert-OH is 2. The molecule has 2 aromatic rings. The van der Waals surface area contributed by atoms with Crippen LogP contribution in [0.3, 0.4) is 0 Å². The second-order valence-electron chi connectivity index (χ2n) is 11.3. The number of carbonyl (C=O) groups is 3. The smallest absolute Gasteiger partial charge is 0.255 e. The van der Waals surface area contributed by atoms with Crippen molar-refractivity contribution in [2.24, 2.45) is 17.6 Å². The molecule has 0 aliphatic heterocycles. The highest BCUT2D eigenvalue weighted by molar-refractivity contribution is 6.24. The van der Waals surface area contributed by atoms with Gasteiger partial charge in [0.1, 0.15) is 28.6 Å². The van der Waals surface area contributed by atoms with Crippen molar-refractivity contribution in [3.05, 3.63) is 69.5 Å². The average Bonchev–Trinajstić information content (AvgIpc) is 2.89. The number of nitrogens with two attached hydrogens (primary N) is 1. The van der Waals surface area contributed by atoms with Crippen molar-refractivity contribution < 1.29 is 39.9 Å². The number of ketones is 2. The Bertz CT molecular complexity index is 1690. The highest BCUT2D eigenvalue weighted by Gasteiger charge is 2.64. The van der Waals surface area contributed by atoms with Crippen LogP contribution in [0.25, 0.3) is 5.76 Å². The van der Waals surface area contributed by atoms with Crippen LogP contribution in [-0.4, -0.2) is 87.7 Å². The molecular weight excluding hydrogens is 542 g/mol. The number of likely N-dealkylation sites (N-methyl/N-ethyl adjacent to an activating group) is 1. The summed E-state index contributed by atoms with van der Waals surface area (Å²) in [7, 11) is 6.65. The van der Waals surface area contributed by atoms with Gasteiger partial charge in [0.15, 0.2) is 11.4 Å². The predicted molar refractivity (Wildman–Crippen MR) is 153 cm³/mol. The van der Waals surface area contributed by atoms with E-state index in [-0.39, 0.29) is 35.3 Å². The number of fused-ring (bicyclic) bond motifs is 3. The molecule has 11 nitrogen and oxygen atoms in total. The van der Waals surface area contributed by atoms with Gasteiger partial charge in [-0.25, -0.2) is 0 Å². The van der Waals surface area contributed by atoms with Gasteiger partial charge in [-0.3, -0.25) is 19.3 Å². The molecule has 0 unspecified atom stereocenters. The normalized spacial score (nSPS) is 25.0. The third-order valence-corrected chi connectivity index (χ3v) is 8.37. The van der Waals surface area contributed by atoms with E-state index in [1.807, 2.05) is 0 Å². The van der Waals surface area contributed by atoms with Crippen LogP contribution in [0.5, 0.6) is 11.5 Å². The molecule has 1 fully saturated rings. The number of anilines is 1. The van der Waals surface area contributed by atoms with Gasteiger partial charge in [0.05, 0.1) is 17.2 Å². The number of phenolic OH excluding ortho intramolecular Hbond substituents is 2. The minimum atomic E-state index is -2.71. The fraction of sp³-hybridized carbons (Fsp3) is 0.323. The van der Waals surface area contributed by atoms with E-state index in [0.29, 0.717) is 16.8 Å². The monoisotopic (exact) mass is 573 g/mol. The van der Waals surface area contributed by atoms with Gasteiger partial charge in [0.2, 0.25) is 5.78 Å². The van der Waals surface area contributed by atoms with Gasteiger partial charge in [-0.1, -0.05) is 17.9 Å². The second kappa shape index (κ2) is 9.94. The summed E-state index contributed by atoms with van der Waals surface area (Å²) in [5, 5.41) is 55.4. The first-order chi connectivity index (χ1) is 19.7. The number of Topliss-reactive ketones (excluding diaryl/α,β-unsaturated/α-hetero) is 2. The quantitative estimate of drug-likeness (QED) is 0.230. The summed E-state index contributed by atoms with van der Waals surface area (Å²) >= 11 is 0. The van der Waals surface area contributed by atoms with Crippen LogP contribution in [0.15, 0.2) is 47.2 Å². The van der Waals surface area contributed by atoms with Crippen molar-refractivity contribution in [3.8, 4) is 23.3 Å². The van der Waals surface area contributed by atoms with Gasteiger partial charge in [-0.05, 0) is 62.7 Å². The summed E-state index contributed by atoms with van der Waals surface area (Å²) in [6, 6.07) is 6.74. The Morgan fingerprint density at radius 2 is 1.74 bits per heavy atom.